The average Bonchev–Trinajstić information content (AvgIpc) is 3.14. The molecule has 0 spiro atoms. The van der Waals surface area contributed by atoms with E-state index in [1.54, 1.807) is 0 Å². The summed E-state index contributed by atoms with van der Waals surface area (Å²) in [6.07, 6.45) is -1.24. The van der Waals surface area contributed by atoms with Gasteiger partial charge < -0.3 is 10.6 Å². The summed E-state index contributed by atoms with van der Waals surface area (Å²) in [7, 11) is 0. The molecule has 0 radical (unpaired) electrons. The van der Waals surface area contributed by atoms with Gasteiger partial charge in [0.25, 0.3) is 0 Å². The van der Waals surface area contributed by atoms with Gasteiger partial charge in [0.15, 0.2) is 5.96 Å². The molecule has 2 saturated heterocycles. The molecular formula is C22H34F3N5. The standard InChI is InChI=1S/C22H34F3N5/c1-2-26-21(27-14-19-8-11-30(16-19)17-22(23,24)25)28-20-9-12-29(13-10-20)15-18-6-4-3-5-7-18/h3-7,19-20H,2,8-17H2,1H3,(H2,26,27,28). The fourth-order valence-electron chi connectivity index (χ4n) is 4.27. The molecule has 2 fully saturated rings. The minimum Gasteiger partial charge on any atom is -0.357 e. The van der Waals surface area contributed by atoms with E-state index in [4.69, 9.17) is 0 Å². The van der Waals surface area contributed by atoms with E-state index in [-0.39, 0.29) is 5.92 Å². The molecule has 0 amide bonds. The number of alkyl halides is 3. The lowest BCUT2D eigenvalue weighted by atomic mass is 10.0. The summed E-state index contributed by atoms with van der Waals surface area (Å²) >= 11 is 0. The van der Waals surface area contributed by atoms with Gasteiger partial charge in [-0.1, -0.05) is 30.3 Å². The quantitative estimate of drug-likeness (QED) is 0.521. The average molecular weight is 426 g/mol. The van der Waals surface area contributed by atoms with Crippen molar-refractivity contribution >= 4 is 5.96 Å². The van der Waals surface area contributed by atoms with Crippen LogP contribution in [0, 0.1) is 5.92 Å². The molecular weight excluding hydrogens is 391 g/mol. The Morgan fingerprint density at radius 2 is 1.77 bits per heavy atom. The van der Waals surface area contributed by atoms with Gasteiger partial charge in [-0.2, -0.15) is 13.2 Å². The van der Waals surface area contributed by atoms with Gasteiger partial charge in [0, 0.05) is 45.3 Å². The third-order valence-corrected chi connectivity index (χ3v) is 5.80. The number of piperidine rings is 1. The van der Waals surface area contributed by atoms with E-state index in [0.29, 0.717) is 25.7 Å². The second kappa shape index (κ2) is 11.0. The molecule has 0 bridgehead atoms. The fraction of sp³-hybridized carbons (Fsp3) is 0.682. The SMILES string of the molecule is CCNC(=NCC1CCN(CC(F)(F)F)C1)NC1CCN(Cc2ccccc2)CC1. The van der Waals surface area contributed by atoms with Crippen molar-refractivity contribution in [3.63, 3.8) is 0 Å². The topological polar surface area (TPSA) is 42.9 Å². The monoisotopic (exact) mass is 425 g/mol. The summed E-state index contributed by atoms with van der Waals surface area (Å²) in [4.78, 5) is 8.65. The van der Waals surface area contributed by atoms with Crippen LogP contribution in [0.5, 0.6) is 0 Å². The van der Waals surface area contributed by atoms with Crippen LogP contribution in [0.3, 0.4) is 0 Å². The largest absolute Gasteiger partial charge is 0.401 e. The Hall–Kier alpha value is -1.80. The molecule has 2 aliphatic rings. The predicted molar refractivity (Wildman–Crippen MR) is 114 cm³/mol. The molecule has 0 aliphatic carbocycles. The first-order valence-corrected chi connectivity index (χ1v) is 11.0. The highest BCUT2D eigenvalue weighted by molar-refractivity contribution is 5.80. The van der Waals surface area contributed by atoms with Crippen molar-refractivity contribution in [1.29, 1.82) is 0 Å². The summed E-state index contributed by atoms with van der Waals surface area (Å²) in [5.74, 6) is 0.976. The smallest absolute Gasteiger partial charge is 0.357 e. The Labute approximate surface area is 177 Å². The number of nitrogens with one attached hydrogen (secondary N) is 2. The van der Waals surface area contributed by atoms with Crippen LogP contribution < -0.4 is 10.6 Å². The predicted octanol–water partition coefficient (Wildman–Crippen LogP) is 3.09. The van der Waals surface area contributed by atoms with Gasteiger partial charge in [0.05, 0.1) is 6.54 Å². The highest BCUT2D eigenvalue weighted by Gasteiger charge is 2.34. The van der Waals surface area contributed by atoms with Gasteiger partial charge in [0.2, 0.25) is 0 Å². The summed E-state index contributed by atoms with van der Waals surface area (Å²) in [5.41, 5.74) is 1.34. The van der Waals surface area contributed by atoms with Crippen LogP contribution in [0.15, 0.2) is 35.3 Å². The number of hydrogen-bond donors (Lipinski definition) is 2. The minimum absolute atomic E-state index is 0.190. The van der Waals surface area contributed by atoms with Crippen molar-refractivity contribution in [3.05, 3.63) is 35.9 Å². The molecule has 3 rings (SSSR count). The number of benzene rings is 1. The number of likely N-dealkylation sites (tertiary alicyclic amines) is 2. The Morgan fingerprint density at radius 1 is 1.07 bits per heavy atom. The lowest BCUT2D eigenvalue weighted by molar-refractivity contribution is -0.143. The fourth-order valence-corrected chi connectivity index (χ4v) is 4.27. The van der Waals surface area contributed by atoms with Gasteiger partial charge in [-0.25, -0.2) is 0 Å². The minimum atomic E-state index is -4.12. The highest BCUT2D eigenvalue weighted by atomic mass is 19.4. The summed E-state index contributed by atoms with van der Waals surface area (Å²) in [6, 6.07) is 10.9. The van der Waals surface area contributed by atoms with Gasteiger partial charge in [-0.05, 0) is 44.2 Å². The molecule has 0 aromatic heterocycles. The van der Waals surface area contributed by atoms with E-state index in [1.165, 1.54) is 10.5 Å². The molecule has 1 aromatic rings. The molecule has 1 atom stereocenters. The summed E-state index contributed by atoms with van der Waals surface area (Å²) < 4.78 is 37.7. The molecule has 0 saturated carbocycles. The lowest BCUT2D eigenvalue weighted by Gasteiger charge is -2.33. The number of halogens is 3. The lowest BCUT2D eigenvalue weighted by Crippen LogP contribution is -2.48. The first-order valence-electron chi connectivity index (χ1n) is 11.0. The molecule has 1 unspecified atom stereocenters. The molecule has 8 heteroatoms. The number of guanidine groups is 1. The number of nitrogens with zero attached hydrogens (tertiary/aromatic N) is 3. The Morgan fingerprint density at radius 3 is 2.43 bits per heavy atom. The Balaban J connectivity index is 1.42. The Bertz CT molecular complexity index is 656. The molecule has 2 aliphatic heterocycles. The van der Waals surface area contributed by atoms with Crippen LogP contribution in [0.2, 0.25) is 0 Å². The van der Waals surface area contributed by atoms with Crippen LogP contribution >= 0.6 is 0 Å². The van der Waals surface area contributed by atoms with Crippen LogP contribution in [0.1, 0.15) is 31.7 Å². The summed E-state index contributed by atoms with van der Waals surface area (Å²) in [6.45, 7) is 6.59. The number of rotatable bonds is 7. The van der Waals surface area contributed by atoms with E-state index in [2.05, 4.69) is 44.8 Å². The normalized spacial score (nSPS) is 22.4. The molecule has 168 valence electrons. The van der Waals surface area contributed by atoms with Gasteiger partial charge in [-0.15, -0.1) is 0 Å². The van der Waals surface area contributed by atoms with Crippen LogP contribution in [0.4, 0.5) is 13.2 Å². The zero-order valence-corrected chi connectivity index (χ0v) is 17.8. The third-order valence-electron chi connectivity index (χ3n) is 5.80. The highest BCUT2D eigenvalue weighted by Crippen LogP contribution is 2.23. The van der Waals surface area contributed by atoms with Crippen LogP contribution in [0.25, 0.3) is 0 Å². The van der Waals surface area contributed by atoms with Gasteiger partial charge in [0.1, 0.15) is 0 Å². The third kappa shape index (κ3) is 7.80. The zero-order chi connectivity index (χ0) is 21.4. The van der Waals surface area contributed by atoms with E-state index in [0.717, 1.165) is 51.4 Å². The second-order valence-corrected chi connectivity index (χ2v) is 8.40. The van der Waals surface area contributed by atoms with Crippen LogP contribution in [-0.4, -0.2) is 73.8 Å². The molecule has 5 nitrogen and oxygen atoms in total. The maximum atomic E-state index is 12.6. The van der Waals surface area contributed by atoms with E-state index in [9.17, 15) is 13.2 Å². The first kappa shape index (κ1) is 22.9. The van der Waals surface area contributed by atoms with Gasteiger partial charge in [-0.3, -0.25) is 14.8 Å². The molecule has 2 heterocycles. The number of hydrogen-bond acceptors (Lipinski definition) is 3. The molecule has 1 aromatic carbocycles. The van der Waals surface area contributed by atoms with Gasteiger partial charge >= 0.3 is 6.18 Å². The van der Waals surface area contributed by atoms with Crippen molar-refractivity contribution in [2.24, 2.45) is 10.9 Å². The second-order valence-electron chi connectivity index (χ2n) is 8.40. The van der Waals surface area contributed by atoms with E-state index in [1.807, 2.05) is 13.0 Å². The molecule has 30 heavy (non-hydrogen) atoms. The van der Waals surface area contributed by atoms with Crippen molar-refractivity contribution in [3.8, 4) is 0 Å². The maximum Gasteiger partial charge on any atom is 0.401 e. The van der Waals surface area contributed by atoms with Crippen molar-refractivity contribution in [1.82, 2.24) is 20.4 Å². The van der Waals surface area contributed by atoms with Crippen LogP contribution in [-0.2, 0) is 6.54 Å². The van der Waals surface area contributed by atoms with Crippen molar-refractivity contribution in [2.45, 2.75) is 44.9 Å². The van der Waals surface area contributed by atoms with E-state index < -0.39 is 12.7 Å². The maximum absolute atomic E-state index is 12.6. The van der Waals surface area contributed by atoms with Crippen molar-refractivity contribution in [2.75, 3.05) is 45.8 Å². The van der Waals surface area contributed by atoms with Crippen molar-refractivity contribution < 1.29 is 13.2 Å². The number of aliphatic imine (C=N–C) groups is 1. The first-order chi connectivity index (χ1) is 14.4. The molecule has 2 N–H and O–H groups in total. The zero-order valence-electron chi connectivity index (χ0n) is 17.8. The van der Waals surface area contributed by atoms with E-state index >= 15 is 0 Å². The Kier molecular flexibility index (Phi) is 8.39. The summed E-state index contributed by atoms with van der Waals surface area (Å²) in [5, 5.41) is 6.82.